The van der Waals surface area contributed by atoms with Gasteiger partial charge in [-0.25, -0.2) is 0 Å². The van der Waals surface area contributed by atoms with Crippen LogP contribution < -0.4 is 0 Å². The van der Waals surface area contributed by atoms with Gasteiger partial charge in [-0.05, 0) is 43.0 Å². The number of hydrogen-bond acceptors (Lipinski definition) is 0. The second-order valence-electron chi connectivity index (χ2n) is 4.62. The molecule has 2 aromatic carbocycles. The van der Waals surface area contributed by atoms with Crippen LogP contribution in [0.15, 0.2) is 55.6 Å². The molecule has 0 amide bonds. The van der Waals surface area contributed by atoms with Crippen molar-refractivity contribution in [1.82, 2.24) is 0 Å². The molecule has 0 atom stereocenters. The van der Waals surface area contributed by atoms with Gasteiger partial charge in [-0.2, -0.15) is 0 Å². The summed E-state index contributed by atoms with van der Waals surface area (Å²) >= 11 is 0. The first-order chi connectivity index (χ1) is 9.08. The zero-order valence-corrected chi connectivity index (χ0v) is 12.1. The zero-order chi connectivity index (χ0) is 14.3. The molecular weight excluding hydrogens is 228 g/mol. The SMILES string of the molecule is C=Cc1cc(C)ccc1C.C=Cc1ccccc1C. The van der Waals surface area contributed by atoms with Crippen LogP contribution in [-0.4, -0.2) is 0 Å². The van der Waals surface area contributed by atoms with Crippen molar-refractivity contribution in [2.45, 2.75) is 20.8 Å². The van der Waals surface area contributed by atoms with E-state index in [1.54, 1.807) is 0 Å². The van der Waals surface area contributed by atoms with Crippen LogP contribution in [-0.2, 0) is 0 Å². The van der Waals surface area contributed by atoms with Crippen molar-refractivity contribution < 1.29 is 0 Å². The first kappa shape index (κ1) is 15.0. The van der Waals surface area contributed by atoms with E-state index < -0.39 is 0 Å². The van der Waals surface area contributed by atoms with Crippen LogP contribution >= 0.6 is 0 Å². The van der Waals surface area contributed by atoms with Crippen LogP contribution in [0, 0.1) is 20.8 Å². The van der Waals surface area contributed by atoms with Crippen molar-refractivity contribution in [1.29, 1.82) is 0 Å². The van der Waals surface area contributed by atoms with Gasteiger partial charge < -0.3 is 0 Å². The molecular formula is C19H22. The van der Waals surface area contributed by atoms with Gasteiger partial charge >= 0.3 is 0 Å². The van der Waals surface area contributed by atoms with E-state index in [2.05, 4.69) is 64.3 Å². The highest BCUT2D eigenvalue weighted by Gasteiger charge is 1.91. The van der Waals surface area contributed by atoms with E-state index in [-0.39, 0.29) is 0 Å². The lowest BCUT2D eigenvalue weighted by Crippen LogP contribution is -1.80. The van der Waals surface area contributed by atoms with Gasteiger partial charge in [0.25, 0.3) is 0 Å². The fourth-order valence-electron chi connectivity index (χ4n) is 1.80. The fourth-order valence-corrected chi connectivity index (χ4v) is 1.80. The molecule has 98 valence electrons. The molecule has 2 rings (SSSR count). The van der Waals surface area contributed by atoms with Crippen LogP contribution in [0.2, 0.25) is 0 Å². The Bertz CT molecular complexity index is 562. The lowest BCUT2D eigenvalue weighted by atomic mass is 10.1. The Labute approximate surface area is 117 Å². The maximum Gasteiger partial charge on any atom is -0.0231 e. The van der Waals surface area contributed by atoms with E-state index in [0.717, 1.165) is 0 Å². The molecule has 0 aliphatic carbocycles. The molecule has 0 fully saturated rings. The van der Waals surface area contributed by atoms with Gasteiger partial charge in [0, 0.05) is 0 Å². The molecule has 0 aliphatic heterocycles. The fraction of sp³-hybridized carbons (Fsp3) is 0.158. The maximum atomic E-state index is 3.73. The average molecular weight is 250 g/mol. The molecule has 0 aliphatic rings. The minimum atomic E-state index is 1.22. The Morgan fingerprint density at radius 1 is 0.737 bits per heavy atom. The van der Waals surface area contributed by atoms with Crippen molar-refractivity contribution in [3.63, 3.8) is 0 Å². The topological polar surface area (TPSA) is 0 Å². The molecule has 0 spiro atoms. The minimum absolute atomic E-state index is 1.22. The summed E-state index contributed by atoms with van der Waals surface area (Å²) in [6.45, 7) is 13.7. The second kappa shape index (κ2) is 7.38. The minimum Gasteiger partial charge on any atom is -0.0985 e. The van der Waals surface area contributed by atoms with Crippen LogP contribution in [0.4, 0.5) is 0 Å². The molecule has 0 aromatic heterocycles. The summed E-state index contributed by atoms with van der Waals surface area (Å²) < 4.78 is 0. The Balaban J connectivity index is 0.000000191. The van der Waals surface area contributed by atoms with E-state index in [4.69, 9.17) is 0 Å². The molecule has 0 nitrogen and oxygen atoms in total. The second-order valence-corrected chi connectivity index (χ2v) is 4.62. The van der Waals surface area contributed by atoms with E-state index in [1.165, 1.54) is 27.8 Å². The largest absolute Gasteiger partial charge is 0.0985 e. The van der Waals surface area contributed by atoms with Crippen molar-refractivity contribution in [3.05, 3.63) is 83.4 Å². The van der Waals surface area contributed by atoms with E-state index in [9.17, 15) is 0 Å². The highest BCUT2D eigenvalue weighted by atomic mass is 14.0. The third-order valence-electron chi connectivity index (χ3n) is 3.06. The summed E-state index contributed by atoms with van der Waals surface area (Å²) in [5.41, 5.74) is 6.33. The van der Waals surface area contributed by atoms with Gasteiger partial charge in [0.15, 0.2) is 0 Å². The molecule has 0 heteroatoms. The first-order valence-electron chi connectivity index (χ1n) is 6.46. The molecule has 0 bridgehead atoms. The average Bonchev–Trinajstić information content (AvgIpc) is 2.43. The van der Waals surface area contributed by atoms with Crippen molar-refractivity contribution >= 4 is 12.2 Å². The molecule has 0 unspecified atom stereocenters. The summed E-state index contributed by atoms with van der Waals surface area (Å²) in [5, 5.41) is 0. The molecule has 0 heterocycles. The highest BCUT2D eigenvalue weighted by Crippen LogP contribution is 2.10. The van der Waals surface area contributed by atoms with Crippen LogP contribution in [0.3, 0.4) is 0 Å². The number of hydrogen-bond donors (Lipinski definition) is 0. The predicted molar refractivity (Wildman–Crippen MR) is 87.3 cm³/mol. The van der Waals surface area contributed by atoms with Crippen LogP contribution in [0.1, 0.15) is 27.8 Å². The lowest BCUT2D eigenvalue weighted by molar-refractivity contribution is 1.38. The smallest absolute Gasteiger partial charge is 0.0231 e. The third kappa shape index (κ3) is 4.59. The van der Waals surface area contributed by atoms with Crippen molar-refractivity contribution in [3.8, 4) is 0 Å². The van der Waals surface area contributed by atoms with Gasteiger partial charge in [0.2, 0.25) is 0 Å². The molecule has 0 radical (unpaired) electrons. The monoisotopic (exact) mass is 250 g/mol. The lowest BCUT2D eigenvalue weighted by Gasteiger charge is -1.99. The number of aryl methyl sites for hydroxylation is 3. The summed E-state index contributed by atoms with van der Waals surface area (Å²) in [4.78, 5) is 0. The first-order valence-corrected chi connectivity index (χ1v) is 6.46. The summed E-state index contributed by atoms with van der Waals surface area (Å²) in [5.74, 6) is 0. The molecule has 2 aromatic rings. The summed E-state index contributed by atoms with van der Waals surface area (Å²) in [6.07, 6.45) is 3.76. The molecule has 0 N–H and O–H groups in total. The normalized spacial score (nSPS) is 9.21. The van der Waals surface area contributed by atoms with Gasteiger partial charge in [-0.1, -0.05) is 73.3 Å². The Morgan fingerprint density at radius 2 is 1.32 bits per heavy atom. The van der Waals surface area contributed by atoms with Crippen molar-refractivity contribution in [2.75, 3.05) is 0 Å². The van der Waals surface area contributed by atoms with Gasteiger partial charge in [-0.15, -0.1) is 0 Å². The quantitative estimate of drug-likeness (QED) is 0.652. The Hall–Kier alpha value is -2.08. The Kier molecular flexibility index (Phi) is 5.81. The van der Waals surface area contributed by atoms with Gasteiger partial charge in [-0.3, -0.25) is 0 Å². The molecule has 0 saturated heterocycles. The van der Waals surface area contributed by atoms with Gasteiger partial charge in [0.05, 0.1) is 0 Å². The van der Waals surface area contributed by atoms with E-state index in [0.29, 0.717) is 0 Å². The van der Waals surface area contributed by atoms with E-state index in [1.807, 2.05) is 24.3 Å². The van der Waals surface area contributed by atoms with Crippen LogP contribution in [0.5, 0.6) is 0 Å². The number of rotatable bonds is 2. The van der Waals surface area contributed by atoms with Crippen molar-refractivity contribution in [2.24, 2.45) is 0 Å². The number of benzene rings is 2. The standard InChI is InChI=1S/C10H12.C9H10/c1-4-10-7-8(2)5-6-9(10)3;1-3-9-7-5-4-6-8(9)2/h4-7H,1H2,2-3H3;3-7H,1H2,2H3. The zero-order valence-electron chi connectivity index (χ0n) is 12.1. The summed E-state index contributed by atoms with van der Waals surface area (Å²) in [6, 6.07) is 14.6. The third-order valence-corrected chi connectivity index (χ3v) is 3.06. The summed E-state index contributed by atoms with van der Waals surface area (Å²) in [7, 11) is 0. The van der Waals surface area contributed by atoms with Gasteiger partial charge in [0.1, 0.15) is 0 Å². The van der Waals surface area contributed by atoms with E-state index >= 15 is 0 Å². The molecule has 0 saturated carbocycles. The predicted octanol–water partition coefficient (Wildman–Crippen LogP) is 5.58. The van der Waals surface area contributed by atoms with Crippen LogP contribution in [0.25, 0.3) is 12.2 Å². The maximum absolute atomic E-state index is 3.73. The highest BCUT2D eigenvalue weighted by molar-refractivity contribution is 5.52. The Morgan fingerprint density at radius 3 is 1.79 bits per heavy atom. The molecule has 19 heavy (non-hydrogen) atoms.